The van der Waals surface area contributed by atoms with Crippen molar-refractivity contribution in [2.45, 2.75) is 52.8 Å². The molecule has 0 aliphatic heterocycles. The van der Waals surface area contributed by atoms with E-state index in [0.717, 1.165) is 5.56 Å². The van der Waals surface area contributed by atoms with Crippen molar-refractivity contribution < 1.29 is 24.2 Å². The predicted molar refractivity (Wildman–Crippen MR) is 94.8 cm³/mol. The summed E-state index contributed by atoms with van der Waals surface area (Å²) in [5, 5.41) is 16.1. The number of alkyl carbamates (subject to hydrolysis) is 1. The van der Waals surface area contributed by atoms with E-state index in [1.54, 1.807) is 13.8 Å². The first-order chi connectivity index (χ1) is 12.2. The average molecular weight is 363 g/mol. The maximum atomic E-state index is 12.4. The summed E-state index contributed by atoms with van der Waals surface area (Å²) in [6.45, 7) is 7.21. The van der Waals surface area contributed by atoms with Gasteiger partial charge in [-0.25, -0.2) is 4.79 Å². The van der Waals surface area contributed by atoms with Crippen LogP contribution in [0.2, 0.25) is 0 Å². The van der Waals surface area contributed by atoms with Crippen molar-refractivity contribution in [3.05, 3.63) is 35.9 Å². The first-order valence-electron chi connectivity index (χ1n) is 8.69. The summed E-state index contributed by atoms with van der Waals surface area (Å²) in [7, 11) is 0. The molecule has 144 valence electrons. The maximum Gasteiger partial charge on any atom is 0.408 e. The fraction of sp³-hybridized carbons (Fsp3) is 0.526. The van der Waals surface area contributed by atoms with Gasteiger partial charge in [0.15, 0.2) is 0 Å². The highest BCUT2D eigenvalue weighted by atomic mass is 16.5. The van der Waals surface area contributed by atoms with Gasteiger partial charge in [-0.15, -0.1) is 0 Å². The summed E-state index contributed by atoms with van der Waals surface area (Å²) in [5.74, 6) is -2.16. The normalized spacial score (nSPS) is 13.2. The molecule has 0 aliphatic carbocycles. The van der Waals surface area contributed by atoms with Crippen LogP contribution in [0.4, 0.5) is 4.79 Å². The number of hydrogen-bond acceptors (Lipinski definition) is 5. The first-order valence-corrected chi connectivity index (χ1v) is 8.69. The highest BCUT2D eigenvalue weighted by molar-refractivity contribution is 5.88. The van der Waals surface area contributed by atoms with Crippen molar-refractivity contribution in [3.8, 4) is 0 Å². The smallest absolute Gasteiger partial charge is 0.408 e. The second-order valence-corrected chi connectivity index (χ2v) is 6.94. The molecule has 1 aromatic carbocycles. The molecule has 0 fully saturated rings. The molecule has 26 heavy (non-hydrogen) atoms. The van der Waals surface area contributed by atoms with Gasteiger partial charge in [0.1, 0.15) is 12.6 Å². The van der Waals surface area contributed by atoms with Gasteiger partial charge >= 0.3 is 6.09 Å². The Balaban J connectivity index is 2.68. The predicted octanol–water partition coefficient (Wildman–Crippen LogP) is 1.22. The molecular weight excluding hydrogens is 336 g/mol. The Bertz CT molecular complexity index is 601. The number of amides is 2. The fourth-order valence-corrected chi connectivity index (χ4v) is 2.36. The molecule has 0 radical (unpaired) electrons. The lowest BCUT2D eigenvalue weighted by Crippen LogP contribution is -2.56. The second kappa shape index (κ2) is 10.4. The van der Waals surface area contributed by atoms with Gasteiger partial charge in [-0.05, 0) is 23.8 Å². The summed E-state index contributed by atoms with van der Waals surface area (Å²) < 4.78 is 5.13. The minimum Gasteiger partial charge on any atom is -0.548 e. The van der Waals surface area contributed by atoms with Gasteiger partial charge in [0, 0.05) is 0 Å². The van der Waals surface area contributed by atoms with Gasteiger partial charge in [-0.2, -0.15) is 0 Å². The number of carboxylic acid groups (broad SMARTS) is 1. The minimum absolute atomic E-state index is 0.0797. The van der Waals surface area contributed by atoms with Crippen LogP contribution in [-0.4, -0.2) is 30.1 Å². The Morgan fingerprint density at radius 2 is 1.65 bits per heavy atom. The molecule has 7 heteroatoms. The summed E-state index contributed by atoms with van der Waals surface area (Å²) in [6, 6.07) is 7.14. The third-order valence-corrected chi connectivity index (χ3v) is 3.75. The molecule has 1 rings (SSSR count). The van der Waals surface area contributed by atoms with Crippen LogP contribution in [-0.2, 0) is 20.9 Å². The van der Waals surface area contributed by atoms with Crippen LogP contribution in [0.3, 0.4) is 0 Å². The van der Waals surface area contributed by atoms with Crippen molar-refractivity contribution in [2.75, 3.05) is 0 Å². The molecule has 2 N–H and O–H groups in total. The molecule has 0 aliphatic rings. The molecule has 0 saturated carbocycles. The van der Waals surface area contributed by atoms with Crippen LogP contribution < -0.4 is 15.7 Å². The Morgan fingerprint density at radius 1 is 1.04 bits per heavy atom. The fourth-order valence-electron chi connectivity index (χ4n) is 2.36. The number of carboxylic acids is 1. The van der Waals surface area contributed by atoms with Crippen LogP contribution in [0, 0.1) is 11.8 Å². The monoisotopic (exact) mass is 363 g/mol. The van der Waals surface area contributed by atoms with E-state index in [4.69, 9.17) is 4.74 Å². The lowest BCUT2D eigenvalue weighted by atomic mass is 10.0. The van der Waals surface area contributed by atoms with Crippen molar-refractivity contribution in [1.82, 2.24) is 10.6 Å². The molecular formula is C19H27N2O5-. The van der Waals surface area contributed by atoms with Crippen molar-refractivity contribution in [2.24, 2.45) is 11.8 Å². The number of benzene rings is 1. The third kappa shape index (κ3) is 7.55. The highest BCUT2D eigenvalue weighted by Crippen LogP contribution is 2.08. The van der Waals surface area contributed by atoms with E-state index in [1.165, 1.54) is 0 Å². The van der Waals surface area contributed by atoms with Crippen molar-refractivity contribution in [3.63, 3.8) is 0 Å². The Kier molecular flexibility index (Phi) is 8.61. The summed E-state index contributed by atoms with van der Waals surface area (Å²) in [5.41, 5.74) is 0.823. The summed E-state index contributed by atoms with van der Waals surface area (Å²) in [4.78, 5) is 35.6. The zero-order valence-electron chi connectivity index (χ0n) is 15.7. The lowest BCUT2D eigenvalue weighted by molar-refractivity contribution is -0.309. The zero-order chi connectivity index (χ0) is 19.7. The molecule has 0 aromatic heterocycles. The van der Waals surface area contributed by atoms with E-state index >= 15 is 0 Å². The van der Waals surface area contributed by atoms with Gasteiger partial charge in [0.25, 0.3) is 0 Å². The first kappa shape index (κ1) is 21.5. The number of ether oxygens (including phenoxy) is 1. The van der Waals surface area contributed by atoms with E-state index in [1.807, 2.05) is 44.2 Å². The average Bonchev–Trinajstić information content (AvgIpc) is 2.57. The Morgan fingerprint density at radius 3 is 2.15 bits per heavy atom. The number of hydrogen-bond donors (Lipinski definition) is 2. The Hall–Kier alpha value is -2.57. The third-order valence-electron chi connectivity index (χ3n) is 3.75. The van der Waals surface area contributed by atoms with Gasteiger partial charge in [-0.1, -0.05) is 58.0 Å². The van der Waals surface area contributed by atoms with Crippen LogP contribution in [0.15, 0.2) is 30.3 Å². The van der Waals surface area contributed by atoms with Crippen LogP contribution >= 0.6 is 0 Å². The number of carbonyl (C=O) groups is 3. The molecule has 0 bridgehead atoms. The maximum absolute atomic E-state index is 12.4. The molecule has 1 aromatic rings. The van der Waals surface area contributed by atoms with Gasteiger partial charge < -0.3 is 25.3 Å². The highest BCUT2D eigenvalue weighted by Gasteiger charge is 2.26. The number of rotatable bonds is 9. The van der Waals surface area contributed by atoms with Gasteiger partial charge in [0.2, 0.25) is 5.91 Å². The van der Waals surface area contributed by atoms with E-state index in [2.05, 4.69) is 10.6 Å². The number of nitrogens with one attached hydrogen (secondary N) is 2. The topological polar surface area (TPSA) is 108 Å². The largest absolute Gasteiger partial charge is 0.548 e. The second-order valence-electron chi connectivity index (χ2n) is 6.94. The van der Waals surface area contributed by atoms with Crippen molar-refractivity contribution in [1.29, 1.82) is 0 Å². The van der Waals surface area contributed by atoms with Gasteiger partial charge in [0.05, 0.1) is 12.0 Å². The quantitative estimate of drug-likeness (QED) is 0.686. The molecule has 0 spiro atoms. The molecule has 0 saturated heterocycles. The molecule has 2 atom stereocenters. The standard InChI is InChI=1S/C19H28N2O5/c1-12(2)10-15(17(22)21-16(13(3)4)18(23)24)20-19(25)26-11-14-8-6-5-7-9-14/h5-9,12-13,15-16H,10-11H2,1-4H3,(H,20,25)(H,21,22)(H,23,24)/p-1/t15-,16-/m1/s1. The summed E-state index contributed by atoms with van der Waals surface area (Å²) >= 11 is 0. The SMILES string of the molecule is CC(C)C[C@@H](NC(=O)OCc1ccccc1)C(=O)N[C@@H](C(=O)[O-])C(C)C. The number of aliphatic carboxylic acids is 1. The molecule has 2 amide bonds. The minimum atomic E-state index is -1.36. The van der Waals surface area contributed by atoms with E-state index in [9.17, 15) is 19.5 Å². The van der Waals surface area contributed by atoms with Crippen LogP contribution in [0.25, 0.3) is 0 Å². The van der Waals surface area contributed by atoms with E-state index in [-0.39, 0.29) is 18.4 Å². The van der Waals surface area contributed by atoms with E-state index in [0.29, 0.717) is 6.42 Å². The van der Waals surface area contributed by atoms with E-state index < -0.39 is 30.1 Å². The Labute approximate surface area is 154 Å². The molecule has 0 unspecified atom stereocenters. The summed E-state index contributed by atoms with van der Waals surface area (Å²) in [6.07, 6.45) is -0.381. The van der Waals surface area contributed by atoms with Crippen molar-refractivity contribution >= 4 is 18.0 Å². The molecule has 0 heterocycles. The molecule has 7 nitrogen and oxygen atoms in total. The lowest BCUT2D eigenvalue weighted by Gasteiger charge is -2.27. The van der Waals surface area contributed by atoms with Crippen LogP contribution in [0.1, 0.15) is 39.7 Å². The van der Waals surface area contributed by atoms with Gasteiger partial charge in [-0.3, -0.25) is 4.79 Å². The number of carbonyl (C=O) groups excluding carboxylic acids is 3. The zero-order valence-corrected chi connectivity index (χ0v) is 15.7. The van der Waals surface area contributed by atoms with Crippen LogP contribution in [0.5, 0.6) is 0 Å².